The summed E-state index contributed by atoms with van der Waals surface area (Å²) in [6.45, 7) is 5.55. The Hall–Kier alpha value is -2.37. The maximum absolute atomic E-state index is 12.2. The lowest BCUT2D eigenvalue weighted by molar-refractivity contribution is 0.0931. The van der Waals surface area contributed by atoms with E-state index in [9.17, 15) is 4.79 Å². The van der Waals surface area contributed by atoms with Gasteiger partial charge in [-0.25, -0.2) is 0 Å². The van der Waals surface area contributed by atoms with Gasteiger partial charge in [-0.2, -0.15) is 5.10 Å². The molecule has 6 nitrogen and oxygen atoms in total. The van der Waals surface area contributed by atoms with Crippen molar-refractivity contribution >= 4 is 11.6 Å². The van der Waals surface area contributed by atoms with Gasteiger partial charge in [0.25, 0.3) is 5.91 Å². The van der Waals surface area contributed by atoms with Gasteiger partial charge in [0, 0.05) is 36.9 Å². The topological polar surface area (TPSA) is 71.8 Å². The number of nitrogens with one attached hydrogen (secondary N) is 2. The van der Waals surface area contributed by atoms with Gasteiger partial charge in [-0.05, 0) is 31.5 Å². The van der Waals surface area contributed by atoms with Crippen LogP contribution in [0.2, 0.25) is 0 Å². The standard InChI is InChI=1S/C15H21N5O/c1-3-6-16-13-5-8-17-14(10-13)15(21)19-12(2)11-20-9-4-7-18-20/h4-5,7-10,12H,3,6,11H2,1-2H3,(H,16,17)(H,19,21). The number of nitrogens with zero attached hydrogens (tertiary/aromatic N) is 3. The minimum atomic E-state index is -0.171. The normalized spacial score (nSPS) is 11.9. The number of amides is 1. The summed E-state index contributed by atoms with van der Waals surface area (Å²) < 4.78 is 1.79. The minimum absolute atomic E-state index is 0.0218. The van der Waals surface area contributed by atoms with Gasteiger partial charge >= 0.3 is 0 Å². The molecule has 0 aliphatic carbocycles. The lowest BCUT2D eigenvalue weighted by atomic mass is 10.2. The predicted octanol–water partition coefficient (Wildman–Crippen LogP) is 1.92. The number of anilines is 1. The summed E-state index contributed by atoms with van der Waals surface area (Å²) in [6.07, 6.45) is 6.27. The fraction of sp³-hybridized carbons (Fsp3) is 0.400. The molecule has 0 saturated heterocycles. The zero-order valence-electron chi connectivity index (χ0n) is 12.4. The highest BCUT2D eigenvalue weighted by molar-refractivity contribution is 5.93. The molecule has 6 heteroatoms. The fourth-order valence-corrected chi connectivity index (χ4v) is 1.97. The first kappa shape index (κ1) is 15.0. The molecule has 2 aromatic heterocycles. The molecule has 1 unspecified atom stereocenters. The van der Waals surface area contributed by atoms with Crippen LogP contribution in [0.15, 0.2) is 36.8 Å². The highest BCUT2D eigenvalue weighted by Crippen LogP contribution is 2.08. The first-order valence-corrected chi connectivity index (χ1v) is 7.17. The van der Waals surface area contributed by atoms with Gasteiger partial charge in [-0.1, -0.05) is 6.92 Å². The molecule has 1 amide bonds. The van der Waals surface area contributed by atoms with Gasteiger partial charge < -0.3 is 10.6 Å². The second kappa shape index (κ2) is 7.42. The molecule has 21 heavy (non-hydrogen) atoms. The highest BCUT2D eigenvalue weighted by atomic mass is 16.1. The van der Waals surface area contributed by atoms with Crippen molar-refractivity contribution < 1.29 is 4.79 Å². The van der Waals surface area contributed by atoms with Crippen LogP contribution in [0, 0.1) is 0 Å². The van der Waals surface area contributed by atoms with Crippen molar-refractivity contribution in [2.45, 2.75) is 32.9 Å². The molecule has 0 aromatic carbocycles. The van der Waals surface area contributed by atoms with Crippen molar-refractivity contribution in [3.63, 3.8) is 0 Å². The summed E-state index contributed by atoms with van der Waals surface area (Å²) in [5.41, 5.74) is 1.33. The maximum atomic E-state index is 12.2. The number of aromatic nitrogens is 3. The van der Waals surface area contributed by atoms with Crippen LogP contribution in [-0.4, -0.2) is 33.3 Å². The van der Waals surface area contributed by atoms with Crippen molar-refractivity contribution in [2.75, 3.05) is 11.9 Å². The third-order valence-corrected chi connectivity index (χ3v) is 2.97. The summed E-state index contributed by atoms with van der Waals surface area (Å²) in [5, 5.41) is 10.3. The van der Waals surface area contributed by atoms with Gasteiger partial charge in [0.1, 0.15) is 5.69 Å². The van der Waals surface area contributed by atoms with Crippen LogP contribution in [0.25, 0.3) is 0 Å². The fourth-order valence-electron chi connectivity index (χ4n) is 1.97. The second-order valence-corrected chi connectivity index (χ2v) is 4.96. The van der Waals surface area contributed by atoms with Crippen LogP contribution >= 0.6 is 0 Å². The number of carbonyl (C=O) groups excluding carboxylic acids is 1. The summed E-state index contributed by atoms with van der Waals surface area (Å²) >= 11 is 0. The molecule has 2 rings (SSSR count). The van der Waals surface area contributed by atoms with E-state index in [1.54, 1.807) is 23.1 Å². The van der Waals surface area contributed by atoms with Gasteiger partial charge in [-0.15, -0.1) is 0 Å². The van der Waals surface area contributed by atoms with Crippen molar-refractivity contribution in [1.82, 2.24) is 20.1 Å². The van der Waals surface area contributed by atoms with Gasteiger partial charge in [0.15, 0.2) is 0 Å². The SMILES string of the molecule is CCCNc1ccnc(C(=O)NC(C)Cn2cccn2)c1. The molecule has 112 valence electrons. The summed E-state index contributed by atoms with van der Waals surface area (Å²) in [4.78, 5) is 16.3. The molecule has 1 atom stereocenters. The minimum Gasteiger partial charge on any atom is -0.385 e. The summed E-state index contributed by atoms with van der Waals surface area (Å²) in [6, 6.07) is 5.47. The average Bonchev–Trinajstić information content (AvgIpc) is 2.98. The number of hydrogen-bond acceptors (Lipinski definition) is 4. The van der Waals surface area contributed by atoms with E-state index in [0.29, 0.717) is 12.2 Å². The largest absolute Gasteiger partial charge is 0.385 e. The van der Waals surface area contributed by atoms with Crippen LogP contribution in [0.4, 0.5) is 5.69 Å². The van der Waals surface area contributed by atoms with E-state index >= 15 is 0 Å². The first-order chi connectivity index (χ1) is 10.2. The Balaban J connectivity index is 1.93. The molecule has 0 aliphatic heterocycles. The van der Waals surface area contributed by atoms with Crippen LogP contribution in [-0.2, 0) is 6.54 Å². The van der Waals surface area contributed by atoms with Gasteiger partial charge in [0.2, 0.25) is 0 Å². The average molecular weight is 287 g/mol. The molecule has 2 aromatic rings. The Morgan fingerprint density at radius 1 is 1.43 bits per heavy atom. The van der Waals surface area contributed by atoms with Crippen molar-refractivity contribution in [1.29, 1.82) is 0 Å². The lowest BCUT2D eigenvalue weighted by Crippen LogP contribution is -2.36. The lowest BCUT2D eigenvalue weighted by Gasteiger charge is -2.14. The van der Waals surface area contributed by atoms with E-state index in [4.69, 9.17) is 0 Å². The van der Waals surface area contributed by atoms with Crippen LogP contribution < -0.4 is 10.6 Å². The highest BCUT2D eigenvalue weighted by Gasteiger charge is 2.12. The van der Waals surface area contributed by atoms with Crippen LogP contribution in [0.3, 0.4) is 0 Å². The molecule has 0 radical (unpaired) electrons. The molecule has 0 fully saturated rings. The van der Waals surface area contributed by atoms with Crippen LogP contribution in [0.5, 0.6) is 0 Å². The second-order valence-electron chi connectivity index (χ2n) is 4.96. The molecule has 0 saturated carbocycles. The Labute approximate surface area is 124 Å². The summed E-state index contributed by atoms with van der Waals surface area (Å²) in [5.74, 6) is -0.171. The number of carbonyl (C=O) groups is 1. The number of hydrogen-bond donors (Lipinski definition) is 2. The van der Waals surface area contributed by atoms with Gasteiger partial charge in [0.05, 0.1) is 6.54 Å². The van der Waals surface area contributed by atoms with Crippen molar-refractivity contribution in [3.05, 3.63) is 42.5 Å². The predicted molar refractivity (Wildman–Crippen MR) is 82.2 cm³/mol. The van der Waals surface area contributed by atoms with E-state index in [0.717, 1.165) is 18.7 Å². The monoisotopic (exact) mass is 287 g/mol. The van der Waals surface area contributed by atoms with Crippen molar-refractivity contribution in [2.24, 2.45) is 0 Å². The third kappa shape index (κ3) is 4.59. The van der Waals surface area contributed by atoms with E-state index in [1.165, 1.54) is 0 Å². The van der Waals surface area contributed by atoms with E-state index in [1.807, 2.05) is 25.3 Å². The molecule has 2 N–H and O–H groups in total. The Morgan fingerprint density at radius 2 is 2.29 bits per heavy atom. The molecule has 0 aliphatic rings. The molecule has 0 bridgehead atoms. The van der Waals surface area contributed by atoms with E-state index in [-0.39, 0.29) is 11.9 Å². The van der Waals surface area contributed by atoms with E-state index in [2.05, 4.69) is 27.6 Å². The molecular formula is C15H21N5O. The van der Waals surface area contributed by atoms with E-state index < -0.39 is 0 Å². The summed E-state index contributed by atoms with van der Waals surface area (Å²) in [7, 11) is 0. The molecule has 0 spiro atoms. The zero-order valence-corrected chi connectivity index (χ0v) is 12.4. The molecule has 2 heterocycles. The van der Waals surface area contributed by atoms with Crippen LogP contribution in [0.1, 0.15) is 30.8 Å². The Bertz CT molecular complexity index is 567. The zero-order chi connectivity index (χ0) is 15.1. The molecular weight excluding hydrogens is 266 g/mol. The third-order valence-electron chi connectivity index (χ3n) is 2.97. The number of pyridine rings is 1. The first-order valence-electron chi connectivity index (χ1n) is 7.17. The quantitative estimate of drug-likeness (QED) is 0.816. The Kier molecular flexibility index (Phi) is 5.31. The Morgan fingerprint density at radius 3 is 3.00 bits per heavy atom. The van der Waals surface area contributed by atoms with Crippen molar-refractivity contribution in [3.8, 4) is 0 Å². The number of rotatable bonds is 7. The maximum Gasteiger partial charge on any atom is 0.270 e. The van der Waals surface area contributed by atoms with Gasteiger partial charge in [-0.3, -0.25) is 14.5 Å². The smallest absolute Gasteiger partial charge is 0.270 e.